The van der Waals surface area contributed by atoms with Crippen molar-refractivity contribution in [1.29, 1.82) is 0 Å². The highest BCUT2D eigenvalue weighted by Crippen LogP contribution is 2.43. The smallest absolute Gasteiger partial charge is 0.178 e. The van der Waals surface area contributed by atoms with E-state index in [1.54, 1.807) is 0 Å². The van der Waals surface area contributed by atoms with Gasteiger partial charge in [0.2, 0.25) is 0 Å². The summed E-state index contributed by atoms with van der Waals surface area (Å²) in [6, 6.07) is 0. The van der Waals surface area contributed by atoms with Crippen molar-refractivity contribution in [1.82, 2.24) is 4.90 Å². The van der Waals surface area contributed by atoms with Crippen LogP contribution in [0.2, 0.25) is 0 Å². The van der Waals surface area contributed by atoms with Crippen molar-refractivity contribution in [2.24, 2.45) is 0 Å². The Kier molecular flexibility index (Phi) is 7.28. The van der Waals surface area contributed by atoms with Gasteiger partial charge >= 0.3 is 0 Å². The largest absolute Gasteiger partial charge is 0.550 e. The van der Waals surface area contributed by atoms with E-state index in [-0.39, 0.29) is 0 Å². The first-order chi connectivity index (χ1) is 9.28. The monoisotopic (exact) mass is 284 g/mol. The second-order valence-corrected chi connectivity index (χ2v) is 5.48. The van der Waals surface area contributed by atoms with Gasteiger partial charge < -0.3 is 14.8 Å². The first kappa shape index (κ1) is 19.0. The molecule has 0 fully saturated rings. The van der Waals surface area contributed by atoms with E-state index in [4.69, 9.17) is 9.90 Å². The second kappa shape index (κ2) is 7.67. The molecule has 0 aromatic heterocycles. The van der Waals surface area contributed by atoms with Gasteiger partial charge in [0.1, 0.15) is 6.20 Å². The third kappa shape index (κ3) is 3.35. The van der Waals surface area contributed by atoms with Gasteiger partial charge in [-0.3, -0.25) is 4.48 Å². The SMILES string of the molecule is CC(=O)[O-].CCC1=C[N+](C)(CC)C(CC)(CC)N1CC. The van der Waals surface area contributed by atoms with Crippen LogP contribution in [-0.4, -0.2) is 41.2 Å². The van der Waals surface area contributed by atoms with Crippen molar-refractivity contribution >= 4 is 5.97 Å². The van der Waals surface area contributed by atoms with Gasteiger partial charge in [0.25, 0.3) is 0 Å². The number of carbonyl (C=O) groups excluding carboxylic acids is 1. The first-order valence-corrected chi connectivity index (χ1v) is 7.80. The van der Waals surface area contributed by atoms with Gasteiger partial charge in [-0.1, -0.05) is 20.8 Å². The van der Waals surface area contributed by atoms with Crippen LogP contribution >= 0.6 is 0 Å². The van der Waals surface area contributed by atoms with Crippen LogP contribution in [0.1, 0.15) is 60.8 Å². The lowest BCUT2D eigenvalue weighted by Crippen LogP contribution is -2.62. The summed E-state index contributed by atoms with van der Waals surface area (Å²) in [4.78, 5) is 11.5. The molecule has 1 rings (SSSR count). The molecule has 0 spiro atoms. The van der Waals surface area contributed by atoms with E-state index in [2.05, 4.69) is 52.8 Å². The molecule has 4 nitrogen and oxygen atoms in total. The average molecular weight is 284 g/mol. The zero-order chi connectivity index (χ0) is 16.0. The summed E-state index contributed by atoms with van der Waals surface area (Å²) in [6.07, 6.45) is 6.10. The lowest BCUT2D eigenvalue weighted by Gasteiger charge is -2.48. The van der Waals surface area contributed by atoms with Crippen LogP contribution in [0.3, 0.4) is 0 Å². The maximum Gasteiger partial charge on any atom is 0.178 e. The van der Waals surface area contributed by atoms with E-state index in [0.717, 1.165) is 24.4 Å². The minimum atomic E-state index is -1.08. The summed E-state index contributed by atoms with van der Waals surface area (Å²) < 4.78 is 1.08. The maximum absolute atomic E-state index is 8.89. The molecule has 0 radical (unpaired) electrons. The lowest BCUT2D eigenvalue weighted by molar-refractivity contribution is -0.917. The number of rotatable bonds is 5. The normalized spacial score (nSPS) is 23.9. The van der Waals surface area contributed by atoms with Gasteiger partial charge in [-0.05, 0) is 27.2 Å². The van der Waals surface area contributed by atoms with Crippen LogP contribution in [-0.2, 0) is 4.79 Å². The molecule has 0 amide bonds. The fourth-order valence-electron chi connectivity index (χ4n) is 3.58. The number of hydrogen-bond donors (Lipinski definition) is 0. The summed E-state index contributed by atoms with van der Waals surface area (Å²) in [5.74, 6) is -1.08. The molecule has 118 valence electrons. The molecule has 1 aliphatic rings. The Balaban J connectivity index is 0.000000796. The summed E-state index contributed by atoms with van der Waals surface area (Å²) in [7, 11) is 2.39. The lowest BCUT2D eigenvalue weighted by atomic mass is 9.98. The molecule has 1 atom stereocenters. The zero-order valence-corrected chi connectivity index (χ0v) is 14.3. The second-order valence-electron chi connectivity index (χ2n) is 5.48. The predicted octanol–water partition coefficient (Wildman–Crippen LogP) is 2.31. The number of allylic oxidation sites excluding steroid dienone is 1. The molecule has 0 aliphatic carbocycles. The fraction of sp³-hybridized carbons (Fsp3) is 0.812. The van der Waals surface area contributed by atoms with Crippen molar-refractivity contribution in [3.8, 4) is 0 Å². The molecule has 1 aliphatic heterocycles. The third-order valence-electron chi connectivity index (χ3n) is 4.70. The van der Waals surface area contributed by atoms with Crippen molar-refractivity contribution in [3.63, 3.8) is 0 Å². The molecular weight excluding hydrogens is 252 g/mol. The average Bonchev–Trinajstić information content (AvgIpc) is 2.66. The van der Waals surface area contributed by atoms with Crippen LogP contribution < -0.4 is 5.11 Å². The Morgan fingerprint density at radius 1 is 1.25 bits per heavy atom. The van der Waals surface area contributed by atoms with E-state index < -0.39 is 5.97 Å². The van der Waals surface area contributed by atoms with Crippen LogP contribution in [0.5, 0.6) is 0 Å². The predicted molar refractivity (Wildman–Crippen MR) is 81.5 cm³/mol. The van der Waals surface area contributed by atoms with E-state index in [0.29, 0.717) is 5.66 Å². The number of carbonyl (C=O) groups is 1. The summed E-state index contributed by atoms with van der Waals surface area (Å²) in [5, 5.41) is 8.89. The molecular formula is C16H32N2O2. The summed E-state index contributed by atoms with van der Waals surface area (Å²) in [6.45, 7) is 14.8. The van der Waals surface area contributed by atoms with Crippen LogP contribution in [0.15, 0.2) is 11.9 Å². The molecule has 0 N–H and O–H groups in total. The van der Waals surface area contributed by atoms with Crippen LogP contribution in [0, 0.1) is 0 Å². The first-order valence-electron chi connectivity index (χ1n) is 7.80. The minimum absolute atomic E-state index is 0.300. The number of quaternary nitrogens is 1. The highest BCUT2D eigenvalue weighted by Gasteiger charge is 2.53. The Bertz CT molecular complexity index is 344. The number of carboxylic acids is 1. The Morgan fingerprint density at radius 2 is 1.70 bits per heavy atom. The Hall–Kier alpha value is -1.03. The van der Waals surface area contributed by atoms with E-state index >= 15 is 0 Å². The molecule has 1 heterocycles. The zero-order valence-electron chi connectivity index (χ0n) is 14.3. The van der Waals surface area contributed by atoms with Crippen molar-refractivity contribution < 1.29 is 14.4 Å². The van der Waals surface area contributed by atoms with Gasteiger partial charge in [0.05, 0.1) is 19.3 Å². The van der Waals surface area contributed by atoms with E-state index in [9.17, 15) is 0 Å². The number of nitrogens with zero attached hydrogens (tertiary/aromatic N) is 2. The van der Waals surface area contributed by atoms with Crippen LogP contribution in [0.4, 0.5) is 0 Å². The van der Waals surface area contributed by atoms with Crippen molar-refractivity contribution in [3.05, 3.63) is 11.9 Å². The molecule has 0 saturated carbocycles. The van der Waals surface area contributed by atoms with Crippen LogP contribution in [0.25, 0.3) is 0 Å². The molecule has 0 aromatic carbocycles. The quantitative estimate of drug-likeness (QED) is 0.728. The molecule has 4 heteroatoms. The molecule has 0 aromatic rings. The molecule has 20 heavy (non-hydrogen) atoms. The Morgan fingerprint density at radius 3 is 1.95 bits per heavy atom. The van der Waals surface area contributed by atoms with Crippen molar-refractivity contribution in [2.45, 2.75) is 66.5 Å². The highest BCUT2D eigenvalue weighted by molar-refractivity contribution is 5.60. The maximum atomic E-state index is 8.89. The number of hydrogen-bond acceptors (Lipinski definition) is 3. The van der Waals surface area contributed by atoms with Gasteiger partial charge in [0.15, 0.2) is 5.66 Å². The summed E-state index contributed by atoms with van der Waals surface area (Å²) >= 11 is 0. The van der Waals surface area contributed by atoms with Gasteiger partial charge in [-0.2, -0.15) is 0 Å². The molecule has 0 saturated heterocycles. The highest BCUT2D eigenvalue weighted by atomic mass is 16.4. The van der Waals surface area contributed by atoms with Gasteiger partial charge in [-0.15, -0.1) is 0 Å². The van der Waals surface area contributed by atoms with E-state index in [1.165, 1.54) is 25.1 Å². The Labute approximate surface area is 124 Å². The molecule has 0 bridgehead atoms. The van der Waals surface area contributed by atoms with Crippen molar-refractivity contribution in [2.75, 3.05) is 20.1 Å². The topological polar surface area (TPSA) is 43.4 Å². The van der Waals surface area contributed by atoms with Gasteiger partial charge in [0, 0.05) is 25.4 Å². The number of aliphatic carboxylic acids is 1. The van der Waals surface area contributed by atoms with E-state index in [1.807, 2.05) is 0 Å². The number of carboxylic acid groups (broad SMARTS) is 1. The standard InChI is InChI=1S/C14H29N2.C2H4O2/c1-7-13-12-16(6,11-5)14(8-2,9-3)15(13)10-4;1-2(3)4/h12H,7-11H2,1-6H3;1H3,(H,3,4)/q+1;/p-1. The van der Waals surface area contributed by atoms with Gasteiger partial charge in [-0.25, -0.2) is 0 Å². The third-order valence-corrected chi connectivity index (χ3v) is 4.70. The molecule has 1 unspecified atom stereocenters. The summed E-state index contributed by atoms with van der Waals surface area (Å²) in [5.41, 5.74) is 1.84. The fourth-order valence-corrected chi connectivity index (χ4v) is 3.58. The minimum Gasteiger partial charge on any atom is -0.550 e.